The van der Waals surface area contributed by atoms with Gasteiger partial charge in [0.15, 0.2) is 0 Å². The molecular weight excluding hydrogens is 378 g/mol. The third-order valence-corrected chi connectivity index (χ3v) is 5.47. The van der Waals surface area contributed by atoms with Gasteiger partial charge in [0.25, 0.3) is 17.5 Å². The highest BCUT2D eigenvalue weighted by Gasteiger charge is 2.22. The molecule has 0 aliphatic carbocycles. The number of nitrogens with zero attached hydrogens (tertiary/aromatic N) is 2. The first-order valence-electron chi connectivity index (χ1n) is 9.03. The fourth-order valence-corrected chi connectivity index (χ4v) is 3.76. The van der Waals surface area contributed by atoms with Crippen molar-refractivity contribution in [1.29, 1.82) is 0 Å². The maximum Gasteiger partial charge on any atom is 0.283 e. The van der Waals surface area contributed by atoms with E-state index in [0.29, 0.717) is 29.2 Å². The highest BCUT2D eigenvalue weighted by atomic mass is 32.2. The molecule has 0 atom stereocenters. The molecule has 8 heteroatoms. The van der Waals surface area contributed by atoms with E-state index in [-0.39, 0.29) is 17.2 Å². The van der Waals surface area contributed by atoms with Gasteiger partial charge in [-0.2, -0.15) is 0 Å². The van der Waals surface area contributed by atoms with Crippen molar-refractivity contribution in [3.8, 4) is 0 Å². The number of thioether (sulfide) groups is 1. The van der Waals surface area contributed by atoms with Gasteiger partial charge in [0, 0.05) is 24.7 Å². The average molecular weight is 399 g/mol. The number of para-hydroxylation sites is 1. The Kier molecular flexibility index (Phi) is 6.30. The predicted molar refractivity (Wildman–Crippen MR) is 109 cm³/mol. The Morgan fingerprint density at radius 3 is 2.50 bits per heavy atom. The minimum Gasteiger partial charge on any atom is -0.339 e. The number of benzene rings is 2. The standard InChI is InChI=1S/C20H21N3O4S/c1-28-18-10-9-14(13-17(18)23(26)27)19(24)21-16-8-4-3-7-15(16)20(25)22-11-5-2-6-12-22/h3-4,7-10,13H,2,5-6,11-12H2,1H3,(H,21,24). The van der Waals surface area contributed by atoms with E-state index in [9.17, 15) is 19.7 Å². The summed E-state index contributed by atoms with van der Waals surface area (Å²) in [4.78, 5) is 38.5. The van der Waals surface area contributed by atoms with Crippen LogP contribution in [0.3, 0.4) is 0 Å². The number of carbonyl (C=O) groups is 2. The SMILES string of the molecule is CSc1ccc(C(=O)Nc2ccccc2C(=O)N2CCCCC2)cc1[N+](=O)[O-]. The molecule has 1 N–H and O–H groups in total. The molecule has 1 saturated heterocycles. The van der Waals surface area contributed by atoms with Crippen LogP contribution in [0.1, 0.15) is 40.0 Å². The van der Waals surface area contributed by atoms with Crippen LogP contribution in [0.2, 0.25) is 0 Å². The van der Waals surface area contributed by atoms with Gasteiger partial charge < -0.3 is 10.2 Å². The van der Waals surface area contributed by atoms with E-state index < -0.39 is 10.8 Å². The van der Waals surface area contributed by atoms with Crippen molar-refractivity contribution in [2.45, 2.75) is 24.2 Å². The molecule has 2 aromatic rings. The minimum absolute atomic E-state index is 0.112. The van der Waals surface area contributed by atoms with Crippen molar-refractivity contribution < 1.29 is 14.5 Å². The van der Waals surface area contributed by atoms with Crippen molar-refractivity contribution in [3.05, 3.63) is 63.7 Å². The molecule has 1 fully saturated rings. The lowest BCUT2D eigenvalue weighted by atomic mass is 10.1. The van der Waals surface area contributed by atoms with Gasteiger partial charge in [0.2, 0.25) is 0 Å². The van der Waals surface area contributed by atoms with Gasteiger partial charge in [-0.25, -0.2) is 0 Å². The number of hydrogen-bond donors (Lipinski definition) is 1. The number of nitro groups is 1. The van der Waals surface area contributed by atoms with E-state index in [1.807, 2.05) is 0 Å². The molecule has 2 aromatic carbocycles. The number of carbonyl (C=O) groups excluding carboxylic acids is 2. The van der Waals surface area contributed by atoms with Crippen LogP contribution in [-0.4, -0.2) is 41.0 Å². The number of rotatable bonds is 5. The van der Waals surface area contributed by atoms with Crippen LogP contribution in [0.25, 0.3) is 0 Å². The van der Waals surface area contributed by atoms with Crippen molar-refractivity contribution in [2.75, 3.05) is 24.7 Å². The normalized spacial score (nSPS) is 13.8. The quantitative estimate of drug-likeness (QED) is 0.462. The van der Waals surface area contributed by atoms with Gasteiger partial charge in [0.1, 0.15) is 0 Å². The third-order valence-electron chi connectivity index (χ3n) is 4.69. The van der Waals surface area contributed by atoms with Crippen molar-refractivity contribution in [2.24, 2.45) is 0 Å². The number of nitrogens with one attached hydrogen (secondary N) is 1. The lowest BCUT2D eigenvalue weighted by molar-refractivity contribution is -0.387. The first kappa shape index (κ1) is 19.9. The molecule has 0 unspecified atom stereocenters. The van der Waals surface area contributed by atoms with Gasteiger partial charge in [-0.3, -0.25) is 19.7 Å². The molecule has 0 aromatic heterocycles. The molecule has 0 radical (unpaired) electrons. The number of amides is 2. The van der Waals surface area contributed by atoms with Crippen LogP contribution in [-0.2, 0) is 0 Å². The van der Waals surface area contributed by atoms with Gasteiger partial charge in [-0.1, -0.05) is 12.1 Å². The topological polar surface area (TPSA) is 92.6 Å². The van der Waals surface area contributed by atoms with Gasteiger partial charge >= 0.3 is 0 Å². The molecule has 0 bridgehead atoms. The molecule has 1 heterocycles. The van der Waals surface area contributed by atoms with E-state index in [0.717, 1.165) is 19.3 Å². The fourth-order valence-electron chi connectivity index (χ4n) is 3.21. The monoisotopic (exact) mass is 399 g/mol. The number of nitro benzene ring substituents is 1. The summed E-state index contributed by atoms with van der Waals surface area (Å²) in [5.74, 6) is -0.603. The highest BCUT2D eigenvalue weighted by Crippen LogP contribution is 2.29. The summed E-state index contributed by atoms with van der Waals surface area (Å²) < 4.78 is 0. The Bertz CT molecular complexity index is 910. The van der Waals surface area contributed by atoms with Crippen molar-refractivity contribution in [3.63, 3.8) is 0 Å². The second-order valence-corrected chi connectivity index (χ2v) is 7.34. The summed E-state index contributed by atoms with van der Waals surface area (Å²) in [7, 11) is 0. The lowest BCUT2D eigenvalue weighted by Gasteiger charge is -2.27. The largest absolute Gasteiger partial charge is 0.339 e. The number of hydrogen-bond acceptors (Lipinski definition) is 5. The average Bonchev–Trinajstić information content (AvgIpc) is 2.73. The molecular formula is C20H21N3O4S. The van der Waals surface area contributed by atoms with E-state index in [1.165, 1.54) is 17.8 Å². The number of anilines is 1. The zero-order valence-corrected chi connectivity index (χ0v) is 16.3. The van der Waals surface area contributed by atoms with Gasteiger partial charge in [-0.05, 0) is 49.8 Å². The Morgan fingerprint density at radius 2 is 1.82 bits per heavy atom. The summed E-state index contributed by atoms with van der Waals surface area (Å²) in [5, 5.41) is 14.0. The summed E-state index contributed by atoms with van der Waals surface area (Å²) in [6.45, 7) is 1.42. The molecule has 3 rings (SSSR count). The second-order valence-electron chi connectivity index (χ2n) is 6.50. The number of likely N-dealkylation sites (tertiary alicyclic amines) is 1. The van der Waals surface area contributed by atoms with Gasteiger partial charge in [0.05, 0.1) is 21.1 Å². The lowest BCUT2D eigenvalue weighted by Crippen LogP contribution is -2.36. The summed E-state index contributed by atoms with van der Waals surface area (Å²) >= 11 is 1.25. The molecule has 146 valence electrons. The predicted octanol–water partition coefficient (Wildman–Crippen LogP) is 4.20. The molecule has 0 saturated carbocycles. The van der Waals surface area contributed by atoms with Crippen LogP contribution in [0.4, 0.5) is 11.4 Å². The van der Waals surface area contributed by atoms with Crippen LogP contribution < -0.4 is 5.32 Å². The summed E-state index contributed by atoms with van der Waals surface area (Å²) in [5.41, 5.74) is 0.884. The van der Waals surface area contributed by atoms with Crippen LogP contribution in [0.5, 0.6) is 0 Å². The first-order chi connectivity index (χ1) is 13.5. The molecule has 2 amide bonds. The Balaban J connectivity index is 1.84. The zero-order chi connectivity index (χ0) is 20.1. The van der Waals surface area contributed by atoms with Gasteiger partial charge in [-0.15, -0.1) is 11.8 Å². The smallest absolute Gasteiger partial charge is 0.283 e. The first-order valence-corrected chi connectivity index (χ1v) is 10.3. The molecule has 1 aliphatic rings. The zero-order valence-electron chi connectivity index (χ0n) is 15.5. The van der Waals surface area contributed by atoms with Crippen molar-refractivity contribution in [1.82, 2.24) is 4.90 Å². The summed E-state index contributed by atoms with van der Waals surface area (Å²) in [6, 6.07) is 11.2. The molecule has 0 spiro atoms. The highest BCUT2D eigenvalue weighted by molar-refractivity contribution is 7.98. The van der Waals surface area contributed by atoms with Crippen LogP contribution >= 0.6 is 11.8 Å². The minimum atomic E-state index is -0.504. The Labute approximate surface area is 167 Å². The Morgan fingerprint density at radius 1 is 1.11 bits per heavy atom. The van der Waals surface area contributed by atoms with Crippen LogP contribution in [0.15, 0.2) is 47.4 Å². The Hall–Kier alpha value is -2.87. The van der Waals surface area contributed by atoms with E-state index in [1.54, 1.807) is 47.6 Å². The molecule has 28 heavy (non-hydrogen) atoms. The van der Waals surface area contributed by atoms with Crippen LogP contribution in [0, 0.1) is 10.1 Å². The summed E-state index contributed by atoms with van der Waals surface area (Å²) in [6.07, 6.45) is 4.81. The second kappa shape index (κ2) is 8.88. The van der Waals surface area contributed by atoms with E-state index in [4.69, 9.17) is 0 Å². The maximum absolute atomic E-state index is 12.8. The third kappa shape index (κ3) is 4.33. The number of piperidine rings is 1. The van der Waals surface area contributed by atoms with Crippen molar-refractivity contribution >= 4 is 35.0 Å². The van der Waals surface area contributed by atoms with E-state index >= 15 is 0 Å². The fraction of sp³-hybridized carbons (Fsp3) is 0.300. The molecule has 7 nitrogen and oxygen atoms in total. The molecule has 1 aliphatic heterocycles. The van der Waals surface area contributed by atoms with E-state index in [2.05, 4.69) is 5.32 Å². The maximum atomic E-state index is 12.8.